The van der Waals surface area contributed by atoms with E-state index >= 15 is 0 Å². The minimum atomic E-state index is -4.91. The Morgan fingerprint density at radius 3 is 2.14 bits per heavy atom. The number of aliphatic hydroxyl groups is 1. The van der Waals surface area contributed by atoms with Crippen molar-refractivity contribution in [3.63, 3.8) is 0 Å². The summed E-state index contributed by atoms with van der Waals surface area (Å²) in [5.74, 6) is -2.72. The van der Waals surface area contributed by atoms with E-state index in [1.54, 1.807) is 20.8 Å². The lowest BCUT2D eigenvalue weighted by Gasteiger charge is -2.24. The number of phenolic OH excluding ortho intramolecular Hbond substituents is 3. The first-order valence-corrected chi connectivity index (χ1v) is 7.47. The van der Waals surface area contributed by atoms with Crippen LogP contribution in [0.15, 0.2) is 11.0 Å². The predicted octanol–water partition coefficient (Wildman–Crippen LogP) is 0.472. The third kappa shape index (κ3) is 4.21. The van der Waals surface area contributed by atoms with E-state index in [0.29, 0.717) is 6.07 Å². The van der Waals surface area contributed by atoms with E-state index in [9.17, 15) is 28.8 Å². The monoisotopic (exact) mass is 321 g/mol. The summed E-state index contributed by atoms with van der Waals surface area (Å²) in [6.07, 6.45) is -1.58. The van der Waals surface area contributed by atoms with Crippen molar-refractivity contribution in [2.45, 2.75) is 37.3 Å². The van der Waals surface area contributed by atoms with E-state index in [-0.39, 0.29) is 6.54 Å². The van der Waals surface area contributed by atoms with Crippen molar-refractivity contribution >= 4 is 10.1 Å². The van der Waals surface area contributed by atoms with Gasteiger partial charge >= 0.3 is 0 Å². The zero-order valence-corrected chi connectivity index (χ0v) is 12.6. The molecule has 21 heavy (non-hydrogen) atoms. The van der Waals surface area contributed by atoms with Gasteiger partial charge < -0.3 is 25.7 Å². The van der Waals surface area contributed by atoms with Gasteiger partial charge in [0.25, 0.3) is 10.1 Å². The first-order valence-electron chi connectivity index (χ1n) is 6.03. The molecule has 1 aromatic rings. The maximum Gasteiger partial charge on any atom is 0.298 e. The molecule has 0 fully saturated rings. The molecule has 0 saturated carbocycles. The van der Waals surface area contributed by atoms with Crippen LogP contribution in [0.2, 0.25) is 0 Å². The average Bonchev–Trinajstić information content (AvgIpc) is 2.27. The Morgan fingerprint density at radius 2 is 1.71 bits per heavy atom. The van der Waals surface area contributed by atoms with Gasteiger partial charge in [-0.3, -0.25) is 4.55 Å². The van der Waals surface area contributed by atoms with Crippen molar-refractivity contribution in [2.24, 2.45) is 0 Å². The number of rotatable bonds is 4. The smallest absolute Gasteiger partial charge is 0.298 e. The molecule has 1 atom stereocenters. The zero-order chi connectivity index (χ0) is 16.6. The van der Waals surface area contributed by atoms with Crippen LogP contribution in [0, 0.1) is 0 Å². The molecule has 6 N–H and O–H groups in total. The lowest BCUT2D eigenvalue weighted by Crippen LogP contribution is -2.38. The van der Waals surface area contributed by atoms with E-state index in [2.05, 4.69) is 5.32 Å². The van der Waals surface area contributed by atoms with Crippen molar-refractivity contribution < 1.29 is 33.4 Å². The van der Waals surface area contributed by atoms with Gasteiger partial charge in [-0.05, 0) is 20.8 Å². The molecule has 0 amide bonds. The molecular weight excluding hydrogens is 302 g/mol. The number of benzene rings is 1. The molecular formula is C12H19NO7S. The fraction of sp³-hybridized carbons (Fsp3) is 0.500. The largest absolute Gasteiger partial charge is 0.506 e. The molecule has 1 rings (SSSR count). The number of phenols is 3. The van der Waals surface area contributed by atoms with Gasteiger partial charge in [0.1, 0.15) is 10.6 Å². The Hall–Kier alpha value is -1.55. The van der Waals surface area contributed by atoms with E-state index < -0.39 is 49.5 Å². The lowest BCUT2D eigenvalue weighted by molar-refractivity contribution is 0.155. The molecule has 1 aromatic carbocycles. The third-order valence-corrected chi connectivity index (χ3v) is 3.61. The number of nitrogens with one attached hydrogen (secondary N) is 1. The minimum Gasteiger partial charge on any atom is -0.506 e. The molecule has 0 saturated heterocycles. The van der Waals surface area contributed by atoms with Gasteiger partial charge in [0.05, 0.1) is 11.7 Å². The van der Waals surface area contributed by atoms with Gasteiger partial charge in [-0.25, -0.2) is 0 Å². The van der Waals surface area contributed by atoms with Crippen LogP contribution in [0.5, 0.6) is 17.2 Å². The van der Waals surface area contributed by atoms with Crippen LogP contribution < -0.4 is 5.32 Å². The number of aromatic hydroxyl groups is 3. The second kappa shape index (κ2) is 5.68. The Morgan fingerprint density at radius 1 is 1.19 bits per heavy atom. The maximum atomic E-state index is 11.3. The number of aliphatic hydroxyl groups excluding tert-OH is 1. The summed E-state index contributed by atoms with van der Waals surface area (Å²) >= 11 is 0. The van der Waals surface area contributed by atoms with Gasteiger partial charge in [-0.1, -0.05) is 0 Å². The molecule has 0 spiro atoms. The third-order valence-electron chi connectivity index (χ3n) is 2.67. The van der Waals surface area contributed by atoms with Crippen molar-refractivity contribution in [2.75, 3.05) is 6.54 Å². The molecule has 0 radical (unpaired) electrons. The van der Waals surface area contributed by atoms with Crippen molar-refractivity contribution in [3.8, 4) is 17.2 Å². The molecule has 0 aromatic heterocycles. The molecule has 8 nitrogen and oxygen atoms in total. The van der Waals surface area contributed by atoms with Crippen LogP contribution in [0.1, 0.15) is 32.4 Å². The molecule has 120 valence electrons. The standard InChI is InChI=1S/C12H19NO7S/c1-12(2,3)13-5-8(16)9-10(17)6(14)4-7(15)11(9)21(18,19)20/h4,8,13-17H,5H2,1-3H3,(H,18,19,20). The number of hydrogen-bond acceptors (Lipinski definition) is 7. The first-order chi connectivity index (χ1) is 9.34. The normalized spacial score (nSPS) is 14.1. The van der Waals surface area contributed by atoms with Gasteiger partial charge in [0, 0.05) is 18.2 Å². The summed E-state index contributed by atoms with van der Waals surface area (Å²) in [6, 6.07) is 0.561. The highest BCUT2D eigenvalue weighted by atomic mass is 32.2. The number of hydrogen-bond donors (Lipinski definition) is 6. The molecule has 1 unspecified atom stereocenters. The summed E-state index contributed by atoms with van der Waals surface area (Å²) in [4.78, 5) is -1.04. The van der Waals surface area contributed by atoms with E-state index in [4.69, 9.17) is 4.55 Å². The van der Waals surface area contributed by atoms with E-state index in [1.165, 1.54) is 0 Å². The zero-order valence-electron chi connectivity index (χ0n) is 11.8. The maximum absolute atomic E-state index is 11.3. The highest BCUT2D eigenvalue weighted by Crippen LogP contribution is 2.43. The Kier molecular flexibility index (Phi) is 4.73. The summed E-state index contributed by atoms with van der Waals surface area (Å²) in [6.45, 7) is 5.21. The summed E-state index contributed by atoms with van der Waals surface area (Å²) in [7, 11) is -4.91. The highest BCUT2D eigenvalue weighted by molar-refractivity contribution is 7.86. The summed E-state index contributed by atoms with van der Waals surface area (Å²) in [5.41, 5.74) is -1.08. The van der Waals surface area contributed by atoms with Crippen LogP contribution in [0.4, 0.5) is 0 Å². The van der Waals surface area contributed by atoms with Crippen molar-refractivity contribution in [1.29, 1.82) is 0 Å². The first kappa shape index (κ1) is 17.5. The van der Waals surface area contributed by atoms with Crippen LogP contribution >= 0.6 is 0 Å². The molecule has 0 aliphatic carbocycles. The van der Waals surface area contributed by atoms with Gasteiger partial charge in [-0.2, -0.15) is 8.42 Å². The van der Waals surface area contributed by atoms with Crippen LogP contribution in [-0.2, 0) is 10.1 Å². The summed E-state index contributed by atoms with van der Waals surface area (Å²) in [5, 5.41) is 41.6. The molecule has 0 aliphatic heterocycles. The quantitative estimate of drug-likeness (QED) is 0.266. The highest BCUT2D eigenvalue weighted by Gasteiger charge is 2.30. The van der Waals surface area contributed by atoms with Crippen molar-refractivity contribution in [1.82, 2.24) is 5.32 Å². The second-order valence-electron chi connectivity index (χ2n) is 5.63. The second-order valence-corrected chi connectivity index (χ2v) is 6.99. The topological polar surface area (TPSA) is 147 Å². The van der Waals surface area contributed by atoms with Crippen LogP contribution in [-0.4, -0.2) is 45.5 Å². The molecule has 0 aliphatic rings. The SMILES string of the molecule is CC(C)(C)NCC(O)c1c(O)c(O)cc(O)c1S(=O)(=O)O. The Balaban J connectivity index is 3.40. The van der Waals surface area contributed by atoms with Crippen LogP contribution in [0.25, 0.3) is 0 Å². The molecule has 9 heteroatoms. The van der Waals surface area contributed by atoms with Gasteiger partial charge in [0.2, 0.25) is 0 Å². The number of β-amino-alcohol motifs (C(OH)–C–C–N with tert-alkyl or cyclic N) is 1. The molecule has 0 heterocycles. The average molecular weight is 321 g/mol. The van der Waals surface area contributed by atoms with Gasteiger partial charge in [0.15, 0.2) is 11.5 Å². The van der Waals surface area contributed by atoms with Gasteiger partial charge in [-0.15, -0.1) is 0 Å². The van der Waals surface area contributed by atoms with E-state index in [1.807, 2.05) is 0 Å². The predicted molar refractivity (Wildman–Crippen MR) is 74.0 cm³/mol. The minimum absolute atomic E-state index is 0.178. The Labute approximate surface area is 122 Å². The Bertz CT molecular complexity index is 634. The fourth-order valence-corrected chi connectivity index (χ4v) is 2.57. The summed E-state index contributed by atoms with van der Waals surface area (Å²) < 4.78 is 31.8. The van der Waals surface area contributed by atoms with Crippen LogP contribution in [0.3, 0.4) is 0 Å². The fourth-order valence-electron chi connectivity index (χ4n) is 1.73. The lowest BCUT2D eigenvalue weighted by atomic mass is 10.0. The van der Waals surface area contributed by atoms with E-state index in [0.717, 1.165) is 0 Å². The van der Waals surface area contributed by atoms with Crippen molar-refractivity contribution in [3.05, 3.63) is 11.6 Å². The molecule has 0 bridgehead atoms.